The van der Waals surface area contributed by atoms with E-state index in [1.54, 1.807) is 0 Å². The third-order valence-corrected chi connectivity index (χ3v) is 2.59. The van der Waals surface area contributed by atoms with Gasteiger partial charge >= 0.3 is 0 Å². The molecule has 1 heteroatoms. The molecule has 0 saturated carbocycles. The van der Waals surface area contributed by atoms with Gasteiger partial charge in [0.05, 0.1) is 0 Å². The maximum Gasteiger partial charge on any atom is 0.0314 e. The Morgan fingerprint density at radius 1 is 1.29 bits per heavy atom. The Bertz CT molecular complexity index is 296. The molecule has 2 N–H and O–H groups in total. The minimum Gasteiger partial charge on any atom is -0.399 e. The number of hydrogen-bond donors (Lipinski definition) is 1. The zero-order chi connectivity index (χ0) is 10.6. The summed E-state index contributed by atoms with van der Waals surface area (Å²) >= 11 is 0. The number of hydrogen-bond acceptors (Lipinski definition) is 1. The van der Waals surface area contributed by atoms with Crippen molar-refractivity contribution in [1.82, 2.24) is 0 Å². The normalized spacial score (nSPS) is 11.3. The van der Waals surface area contributed by atoms with Crippen LogP contribution in [0, 0.1) is 5.41 Å². The topological polar surface area (TPSA) is 26.0 Å². The minimum absolute atomic E-state index is 0.224. The van der Waals surface area contributed by atoms with E-state index in [0.717, 1.165) is 18.5 Å². The van der Waals surface area contributed by atoms with Crippen LogP contribution in [0.25, 0.3) is 0 Å². The Morgan fingerprint density at radius 2 is 1.86 bits per heavy atom. The van der Waals surface area contributed by atoms with Crippen LogP contribution in [0.1, 0.15) is 25.8 Å². The van der Waals surface area contributed by atoms with Crippen molar-refractivity contribution < 1.29 is 0 Å². The van der Waals surface area contributed by atoms with E-state index < -0.39 is 0 Å². The Morgan fingerprint density at radius 3 is 2.36 bits per heavy atom. The van der Waals surface area contributed by atoms with Gasteiger partial charge in [-0.05, 0) is 36.0 Å². The lowest BCUT2D eigenvalue weighted by Gasteiger charge is -2.19. The van der Waals surface area contributed by atoms with E-state index >= 15 is 0 Å². The second kappa shape index (κ2) is 4.32. The highest BCUT2D eigenvalue weighted by atomic mass is 14.5. The molecule has 0 aliphatic heterocycles. The quantitative estimate of drug-likeness (QED) is 0.570. The van der Waals surface area contributed by atoms with Crippen LogP contribution in [0.4, 0.5) is 5.69 Å². The lowest BCUT2D eigenvalue weighted by molar-refractivity contribution is 0.439. The average Bonchev–Trinajstić information content (AvgIpc) is 2.17. The van der Waals surface area contributed by atoms with Crippen molar-refractivity contribution in [3.05, 3.63) is 42.5 Å². The Labute approximate surface area is 86.6 Å². The molecule has 1 nitrogen and oxygen atoms in total. The van der Waals surface area contributed by atoms with Gasteiger partial charge in [-0.15, -0.1) is 6.58 Å². The zero-order valence-electron chi connectivity index (χ0n) is 9.09. The molecule has 0 bridgehead atoms. The van der Waals surface area contributed by atoms with E-state index in [-0.39, 0.29) is 5.41 Å². The lowest BCUT2D eigenvalue weighted by atomic mass is 9.86. The lowest BCUT2D eigenvalue weighted by Crippen LogP contribution is -2.08. The number of anilines is 1. The Kier molecular flexibility index (Phi) is 3.34. The van der Waals surface area contributed by atoms with Gasteiger partial charge in [0, 0.05) is 5.69 Å². The van der Waals surface area contributed by atoms with E-state index in [4.69, 9.17) is 5.73 Å². The molecule has 0 aromatic heterocycles. The molecule has 0 heterocycles. The largest absolute Gasteiger partial charge is 0.399 e. The van der Waals surface area contributed by atoms with Gasteiger partial charge in [-0.2, -0.15) is 0 Å². The van der Waals surface area contributed by atoms with Crippen LogP contribution in [-0.4, -0.2) is 0 Å². The number of benzene rings is 1. The Balaban J connectivity index is 2.54. The predicted molar refractivity (Wildman–Crippen MR) is 63.2 cm³/mol. The van der Waals surface area contributed by atoms with Crippen LogP contribution in [0.3, 0.4) is 0 Å². The SMILES string of the molecule is C=CC(C)(C)CCc1ccc(N)cc1. The molecule has 1 aromatic rings. The first kappa shape index (κ1) is 10.8. The molecular formula is C13H19N. The molecule has 0 fully saturated rings. The predicted octanol–water partition coefficient (Wildman–Crippen LogP) is 3.41. The summed E-state index contributed by atoms with van der Waals surface area (Å²) in [4.78, 5) is 0. The first-order valence-electron chi connectivity index (χ1n) is 5.01. The van der Waals surface area contributed by atoms with Gasteiger partial charge in [-0.25, -0.2) is 0 Å². The maximum absolute atomic E-state index is 5.62. The zero-order valence-corrected chi connectivity index (χ0v) is 9.09. The molecule has 76 valence electrons. The third kappa shape index (κ3) is 3.25. The summed E-state index contributed by atoms with van der Waals surface area (Å²) in [5, 5.41) is 0. The van der Waals surface area contributed by atoms with Gasteiger partial charge < -0.3 is 5.73 Å². The molecule has 0 saturated heterocycles. The van der Waals surface area contributed by atoms with Gasteiger partial charge in [0.15, 0.2) is 0 Å². The van der Waals surface area contributed by atoms with E-state index in [1.165, 1.54) is 5.56 Å². The molecule has 0 aliphatic carbocycles. The summed E-state index contributed by atoms with van der Waals surface area (Å²) < 4.78 is 0. The number of aryl methyl sites for hydroxylation is 1. The van der Waals surface area contributed by atoms with Crippen molar-refractivity contribution in [2.45, 2.75) is 26.7 Å². The summed E-state index contributed by atoms with van der Waals surface area (Å²) in [7, 11) is 0. The van der Waals surface area contributed by atoms with Gasteiger partial charge in [0.25, 0.3) is 0 Å². The minimum atomic E-state index is 0.224. The fourth-order valence-electron chi connectivity index (χ4n) is 1.25. The second-order valence-corrected chi connectivity index (χ2v) is 4.43. The van der Waals surface area contributed by atoms with Crippen molar-refractivity contribution in [2.75, 3.05) is 5.73 Å². The van der Waals surface area contributed by atoms with Gasteiger partial charge in [0.2, 0.25) is 0 Å². The van der Waals surface area contributed by atoms with Crippen LogP contribution in [0.15, 0.2) is 36.9 Å². The molecular weight excluding hydrogens is 170 g/mol. The van der Waals surface area contributed by atoms with E-state index in [2.05, 4.69) is 32.6 Å². The smallest absolute Gasteiger partial charge is 0.0314 e. The number of allylic oxidation sites excluding steroid dienone is 1. The molecule has 1 rings (SSSR count). The summed E-state index contributed by atoms with van der Waals surface area (Å²) in [5.74, 6) is 0. The monoisotopic (exact) mass is 189 g/mol. The summed E-state index contributed by atoms with van der Waals surface area (Å²) in [6.45, 7) is 8.25. The molecule has 0 atom stereocenters. The summed E-state index contributed by atoms with van der Waals surface area (Å²) in [6, 6.07) is 8.09. The van der Waals surface area contributed by atoms with Crippen molar-refractivity contribution in [2.24, 2.45) is 5.41 Å². The molecule has 0 aliphatic rings. The second-order valence-electron chi connectivity index (χ2n) is 4.43. The third-order valence-electron chi connectivity index (χ3n) is 2.59. The first-order chi connectivity index (χ1) is 6.53. The maximum atomic E-state index is 5.62. The van der Waals surface area contributed by atoms with Crippen molar-refractivity contribution >= 4 is 5.69 Å². The molecule has 0 amide bonds. The van der Waals surface area contributed by atoms with Crippen molar-refractivity contribution in [3.8, 4) is 0 Å². The molecule has 1 aromatic carbocycles. The van der Waals surface area contributed by atoms with E-state index in [9.17, 15) is 0 Å². The molecule has 14 heavy (non-hydrogen) atoms. The van der Waals surface area contributed by atoms with E-state index in [1.807, 2.05) is 18.2 Å². The van der Waals surface area contributed by atoms with Crippen LogP contribution >= 0.6 is 0 Å². The first-order valence-corrected chi connectivity index (χ1v) is 5.01. The van der Waals surface area contributed by atoms with E-state index in [0.29, 0.717) is 0 Å². The van der Waals surface area contributed by atoms with Crippen LogP contribution in [0.2, 0.25) is 0 Å². The number of rotatable bonds is 4. The number of nitrogens with two attached hydrogens (primary N) is 1. The van der Waals surface area contributed by atoms with Gasteiger partial charge in [-0.1, -0.05) is 32.1 Å². The van der Waals surface area contributed by atoms with Gasteiger partial charge in [0.1, 0.15) is 0 Å². The molecule has 0 spiro atoms. The fourth-order valence-corrected chi connectivity index (χ4v) is 1.25. The standard InChI is InChI=1S/C13H19N/c1-4-13(2,3)10-9-11-5-7-12(14)8-6-11/h4-8H,1,9-10,14H2,2-3H3. The van der Waals surface area contributed by atoms with Crippen LogP contribution < -0.4 is 5.73 Å². The van der Waals surface area contributed by atoms with Crippen LogP contribution in [-0.2, 0) is 6.42 Å². The Hall–Kier alpha value is -1.24. The fraction of sp³-hybridized carbons (Fsp3) is 0.385. The highest BCUT2D eigenvalue weighted by Crippen LogP contribution is 2.23. The average molecular weight is 189 g/mol. The van der Waals surface area contributed by atoms with Crippen LogP contribution in [0.5, 0.6) is 0 Å². The molecule has 0 unspecified atom stereocenters. The van der Waals surface area contributed by atoms with Gasteiger partial charge in [-0.3, -0.25) is 0 Å². The highest BCUT2D eigenvalue weighted by molar-refractivity contribution is 5.39. The molecule has 0 radical (unpaired) electrons. The number of nitrogen functional groups attached to an aromatic ring is 1. The van der Waals surface area contributed by atoms with Crippen molar-refractivity contribution in [1.29, 1.82) is 0 Å². The summed E-state index contributed by atoms with van der Waals surface area (Å²) in [5.41, 5.74) is 8.01. The highest BCUT2D eigenvalue weighted by Gasteiger charge is 2.12. The van der Waals surface area contributed by atoms with Crippen molar-refractivity contribution in [3.63, 3.8) is 0 Å². The summed E-state index contributed by atoms with van der Waals surface area (Å²) in [6.07, 6.45) is 4.23.